The molecule has 2 fully saturated rings. The lowest BCUT2D eigenvalue weighted by molar-refractivity contribution is -0.0238. The summed E-state index contributed by atoms with van der Waals surface area (Å²) >= 11 is 0. The lowest BCUT2D eigenvalue weighted by Gasteiger charge is -2.41. The molecule has 3 aliphatic rings. The number of nitrogens with zero attached hydrogens (tertiary/aromatic N) is 2. The first kappa shape index (κ1) is 15.5. The molecule has 0 aromatic heterocycles. The summed E-state index contributed by atoms with van der Waals surface area (Å²) in [4.78, 5) is 16.2. The normalized spacial score (nSPS) is 22.5. The van der Waals surface area contributed by atoms with Gasteiger partial charge in [-0.2, -0.15) is 0 Å². The van der Waals surface area contributed by atoms with E-state index in [1.807, 2.05) is 28.0 Å². The molecule has 130 valence electrons. The summed E-state index contributed by atoms with van der Waals surface area (Å²) in [5.74, 6) is 1.38. The Morgan fingerprint density at radius 3 is 2.42 bits per heavy atom. The Bertz CT molecular complexity index is 621. The van der Waals surface area contributed by atoms with Crippen molar-refractivity contribution in [3.05, 3.63) is 23.8 Å². The predicted octanol–water partition coefficient (Wildman–Crippen LogP) is 1.15. The molecule has 4 rings (SSSR count). The molecule has 2 amide bonds. The number of carbonyl (C=O) groups excluding carboxylic acids is 1. The van der Waals surface area contributed by atoms with Crippen molar-refractivity contribution in [1.82, 2.24) is 9.80 Å². The highest BCUT2D eigenvalue weighted by Gasteiger charge is 2.37. The summed E-state index contributed by atoms with van der Waals surface area (Å²) in [7, 11) is 0. The number of hydrogen-bond acceptors (Lipinski definition) is 5. The maximum absolute atomic E-state index is 12.5. The number of rotatable bonds is 1. The van der Waals surface area contributed by atoms with Crippen LogP contribution in [-0.4, -0.2) is 67.1 Å². The van der Waals surface area contributed by atoms with Crippen LogP contribution < -0.4 is 9.47 Å². The van der Waals surface area contributed by atoms with Crippen molar-refractivity contribution >= 4 is 6.03 Å². The monoisotopic (exact) mass is 334 g/mol. The molecule has 0 aliphatic carbocycles. The fourth-order valence-electron chi connectivity index (χ4n) is 3.50. The molecule has 1 aromatic carbocycles. The molecule has 2 saturated heterocycles. The summed E-state index contributed by atoms with van der Waals surface area (Å²) in [5, 5.41) is 11.0. The highest BCUT2D eigenvalue weighted by atomic mass is 16.7. The number of aliphatic hydroxyl groups is 1. The van der Waals surface area contributed by atoms with Crippen molar-refractivity contribution in [2.24, 2.45) is 0 Å². The highest BCUT2D eigenvalue weighted by Crippen LogP contribution is 2.39. The van der Waals surface area contributed by atoms with Crippen molar-refractivity contribution in [2.75, 3.05) is 46.2 Å². The van der Waals surface area contributed by atoms with Gasteiger partial charge in [0.2, 0.25) is 6.79 Å². The van der Waals surface area contributed by atoms with Crippen LogP contribution >= 0.6 is 0 Å². The highest BCUT2D eigenvalue weighted by molar-refractivity contribution is 5.74. The lowest BCUT2D eigenvalue weighted by Crippen LogP contribution is -2.52. The van der Waals surface area contributed by atoms with Gasteiger partial charge in [0.15, 0.2) is 11.5 Å². The molecule has 1 aromatic rings. The third kappa shape index (κ3) is 2.78. The SMILES string of the molecule is O=C(N1CCOCC1)N1CCC(O)(c2ccc3c(c2)OCO3)CC1. The fourth-order valence-corrected chi connectivity index (χ4v) is 3.50. The molecule has 3 heterocycles. The number of morpholine rings is 1. The van der Waals surface area contributed by atoms with Gasteiger partial charge < -0.3 is 29.1 Å². The zero-order valence-corrected chi connectivity index (χ0v) is 13.6. The van der Waals surface area contributed by atoms with Gasteiger partial charge in [0, 0.05) is 26.2 Å². The van der Waals surface area contributed by atoms with E-state index >= 15 is 0 Å². The van der Waals surface area contributed by atoms with Gasteiger partial charge in [0.1, 0.15) is 0 Å². The van der Waals surface area contributed by atoms with E-state index in [2.05, 4.69) is 0 Å². The molecule has 0 radical (unpaired) electrons. The minimum Gasteiger partial charge on any atom is -0.454 e. The second-order valence-electron chi connectivity index (χ2n) is 6.47. The minimum atomic E-state index is -0.928. The van der Waals surface area contributed by atoms with E-state index in [1.165, 1.54) is 0 Å². The Kier molecular flexibility index (Phi) is 3.97. The number of amides is 2. The number of piperidine rings is 1. The van der Waals surface area contributed by atoms with Gasteiger partial charge in [-0.25, -0.2) is 4.79 Å². The van der Waals surface area contributed by atoms with Crippen LogP contribution in [-0.2, 0) is 10.3 Å². The third-order valence-corrected chi connectivity index (χ3v) is 5.05. The number of urea groups is 1. The van der Waals surface area contributed by atoms with Crippen LogP contribution in [0.25, 0.3) is 0 Å². The summed E-state index contributed by atoms with van der Waals surface area (Å²) < 4.78 is 16.0. The standard InChI is InChI=1S/C17H22N2O5/c20-16(19-7-9-22-10-8-19)18-5-3-17(21,4-6-18)13-1-2-14-15(11-13)24-12-23-14/h1-2,11,21H,3-10,12H2. The van der Waals surface area contributed by atoms with E-state index in [1.54, 1.807) is 0 Å². The fraction of sp³-hybridized carbons (Fsp3) is 0.588. The Labute approximate surface area is 140 Å². The van der Waals surface area contributed by atoms with Crippen LogP contribution in [0.4, 0.5) is 4.79 Å². The first-order valence-corrected chi connectivity index (χ1v) is 8.40. The second-order valence-corrected chi connectivity index (χ2v) is 6.47. The summed E-state index contributed by atoms with van der Waals surface area (Å²) in [5.41, 5.74) is -0.104. The number of benzene rings is 1. The van der Waals surface area contributed by atoms with Gasteiger partial charge in [-0.1, -0.05) is 6.07 Å². The Morgan fingerprint density at radius 1 is 1.00 bits per heavy atom. The number of fused-ring (bicyclic) bond motifs is 1. The van der Waals surface area contributed by atoms with E-state index in [-0.39, 0.29) is 12.8 Å². The van der Waals surface area contributed by atoms with Gasteiger partial charge in [0.05, 0.1) is 18.8 Å². The quantitative estimate of drug-likeness (QED) is 0.834. The smallest absolute Gasteiger partial charge is 0.320 e. The van der Waals surface area contributed by atoms with Crippen LogP contribution in [0.5, 0.6) is 11.5 Å². The molecule has 0 atom stereocenters. The molecule has 24 heavy (non-hydrogen) atoms. The van der Waals surface area contributed by atoms with Crippen molar-refractivity contribution in [2.45, 2.75) is 18.4 Å². The van der Waals surface area contributed by atoms with Crippen LogP contribution in [0.3, 0.4) is 0 Å². The van der Waals surface area contributed by atoms with E-state index in [0.29, 0.717) is 63.7 Å². The molecule has 0 spiro atoms. The molecule has 0 bridgehead atoms. The largest absolute Gasteiger partial charge is 0.454 e. The number of ether oxygens (including phenoxy) is 3. The van der Waals surface area contributed by atoms with Gasteiger partial charge in [0.25, 0.3) is 0 Å². The predicted molar refractivity (Wildman–Crippen MR) is 85.1 cm³/mol. The number of likely N-dealkylation sites (tertiary alicyclic amines) is 1. The minimum absolute atomic E-state index is 0.0473. The Morgan fingerprint density at radius 2 is 1.67 bits per heavy atom. The summed E-state index contributed by atoms with van der Waals surface area (Å²) in [6.45, 7) is 3.78. The van der Waals surface area contributed by atoms with Gasteiger partial charge >= 0.3 is 6.03 Å². The molecule has 3 aliphatic heterocycles. The van der Waals surface area contributed by atoms with Crippen LogP contribution in [0.2, 0.25) is 0 Å². The maximum Gasteiger partial charge on any atom is 0.320 e. The van der Waals surface area contributed by atoms with Gasteiger partial charge in [-0.3, -0.25) is 0 Å². The van der Waals surface area contributed by atoms with Crippen molar-refractivity contribution in [1.29, 1.82) is 0 Å². The van der Waals surface area contributed by atoms with Gasteiger partial charge in [-0.15, -0.1) is 0 Å². The first-order valence-electron chi connectivity index (χ1n) is 8.40. The topological polar surface area (TPSA) is 71.5 Å². The molecule has 0 unspecified atom stereocenters. The third-order valence-electron chi connectivity index (χ3n) is 5.05. The Balaban J connectivity index is 1.42. The zero-order chi connectivity index (χ0) is 16.6. The summed E-state index contributed by atoms with van der Waals surface area (Å²) in [6, 6.07) is 5.61. The molecule has 7 nitrogen and oxygen atoms in total. The maximum atomic E-state index is 12.5. The van der Waals surface area contributed by atoms with Gasteiger partial charge in [-0.05, 0) is 30.5 Å². The van der Waals surface area contributed by atoms with Crippen LogP contribution in [0.15, 0.2) is 18.2 Å². The van der Waals surface area contributed by atoms with E-state index < -0.39 is 5.60 Å². The van der Waals surface area contributed by atoms with Crippen LogP contribution in [0.1, 0.15) is 18.4 Å². The molecular formula is C17H22N2O5. The number of carbonyl (C=O) groups is 1. The van der Waals surface area contributed by atoms with E-state index in [4.69, 9.17) is 14.2 Å². The lowest BCUT2D eigenvalue weighted by atomic mass is 9.84. The first-order chi connectivity index (χ1) is 11.7. The van der Waals surface area contributed by atoms with Crippen molar-refractivity contribution in [3.8, 4) is 11.5 Å². The molecule has 1 N–H and O–H groups in total. The van der Waals surface area contributed by atoms with E-state index in [9.17, 15) is 9.90 Å². The van der Waals surface area contributed by atoms with Crippen molar-refractivity contribution < 1.29 is 24.1 Å². The van der Waals surface area contributed by atoms with E-state index in [0.717, 1.165) is 5.56 Å². The molecule has 0 saturated carbocycles. The average Bonchev–Trinajstić information content (AvgIpc) is 3.10. The second kappa shape index (κ2) is 6.14. The average molecular weight is 334 g/mol. The van der Waals surface area contributed by atoms with Crippen LogP contribution in [0, 0.1) is 0 Å². The molecule has 7 heteroatoms. The zero-order valence-electron chi connectivity index (χ0n) is 13.6. The number of hydrogen-bond donors (Lipinski definition) is 1. The Hall–Kier alpha value is -1.99. The van der Waals surface area contributed by atoms with Crippen molar-refractivity contribution in [3.63, 3.8) is 0 Å². The molecular weight excluding hydrogens is 312 g/mol. The summed E-state index contributed by atoms with van der Waals surface area (Å²) in [6.07, 6.45) is 1.03.